The molecule has 0 unspecified atom stereocenters. The number of aromatic nitrogens is 2. The van der Waals surface area contributed by atoms with Gasteiger partial charge in [0.15, 0.2) is 0 Å². The molecular formula is C24H26IN5O5S. The standard InChI is InChI=1S/C24H26IN5O5S/c1-15(2)34-21-9-8-16(12-17(21)13-26)24-27-23(28-35-24)19-6-5-7-20-18(19)10-11-25(20)29-36(32,33)14-22(31)30(3)4/h5-9,12,15,29H,10-11,14H2,1-4H3. The number of nitrogens with one attached hydrogen (secondary N) is 1. The van der Waals surface area contributed by atoms with Crippen LogP contribution in [0.15, 0.2) is 40.9 Å². The Balaban J connectivity index is 1.59. The number of halogens is 1. The molecule has 1 aliphatic heterocycles. The zero-order valence-electron chi connectivity index (χ0n) is 20.3. The van der Waals surface area contributed by atoms with E-state index in [1.54, 1.807) is 18.2 Å². The van der Waals surface area contributed by atoms with Crippen LogP contribution in [-0.4, -0.2) is 59.7 Å². The van der Waals surface area contributed by atoms with Gasteiger partial charge in [0.25, 0.3) is 0 Å². The van der Waals surface area contributed by atoms with Gasteiger partial charge in [-0.2, -0.15) is 0 Å². The van der Waals surface area contributed by atoms with Crippen molar-refractivity contribution >= 4 is 36.0 Å². The number of rotatable bonds is 8. The van der Waals surface area contributed by atoms with Crippen molar-refractivity contribution in [2.45, 2.75) is 26.4 Å². The van der Waals surface area contributed by atoms with Gasteiger partial charge in [-0.05, 0) is 13.8 Å². The molecule has 12 heteroatoms. The number of nitrogens with zero attached hydrogens (tertiary/aromatic N) is 4. The summed E-state index contributed by atoms with van der Waals surface area (Å²) < 4.78 is 40.8. The van der Waals surface area contributed by atoms with Crippen LogP contribution in [0.4, 0.5) is 0 Å². The normalized spacial score (nSPS) is 13.9. The Morgan fingerprint density at radius 3 is 2.78 bits per heavy atom. The molecule has 190 valence electrons. The number of carbonyl (C=O) groups is 1. The van der Waals surface area contributed by atoms with Gasteiger partial charge in [0.2, 0.25) is 0 Å². The molecule has 1 N–H and O–H groups in total. The van der Waals surface area contributed by atoms with E-state index < -0.39 is 41.8 Å². The summed E-state index contributed by atoms with van der Waals surface area (Å²) in [5, 5.41) is 13.7. The van der Waals surface area contributed by atoms with Crippen LogP contribution in [0.5, 0.6) is 5.75 Å². The fourth-order valence-electron chi connectivity index (χ4n) is 3.62. The molecule has 0 spiro atoms. The minimum atomic E-state index is -3.74. The SMILES string of the molecule is CC(C)Oc1ccc(-c2nc(-c3cccc4c3CCI4NS(=O)(=O)CC(=O)N(C)C)no2)cc1C#N. The minimum absolute atomic E-state index is 0.0658. The predicted octanol–water partition coefficient (Wildman–Crippen LogP) is 3.22. The molecule has 2 heterocycles. The molecule has 0 aliphatic carbocycles. The zero-order chi connectivity index (χ0) is 26.0. The van der Waals surface area contributed by atoms with E-state index in [-0.39, 0.29) is 12.0 Å². The van der Waals surface area contributed by atoms with Crippen LogP contribution >= 0.6 is 20.1 Å². The summed E-state index contributed by atoms with van der Waals surface area (Å²) in [6, 6.07) is 12.9. The Kier molecular flexibility index (Phi) is 7.62. The first kappa shape index (κ1) is 26.1. The van der Waals surface area contributed by atoms with Crippen LogP contribution < -0.4 is 7.67 Å². The molecule has 0 saturated carbocycles. The van der Waals surface area contributed by atoms with Crippen LogP contribution in [-0.2, 0) is 21.2 Å². The Hall–Kier alpha value is -3.02. The van der Waals surface area contributed by atoms with E-state index in [2.05, 4.69) is 19.1 Å². The molecule has 0 atom stereocenters. The second-order valence-electron chi connectivity index (χ2n) is 8.60. The number of benzene rings is 2. The number of ether oxygens (including phenoxy) is 1. The molecule has 0 saturated heterocycles. The molecule has 0 fully saturated rings. The van der Waals surface area contributed by atoms with Gasteiger partial charge in [-0.15, -0.1) is 0 Å². The van der Waals surface area contributed by atoms with E-state index in [9.17, 15) is 18.5 Å². The summed E-state index contributed by atoms with van der Waals surface area (Å²) in [6.45, 7) is 3.78. The van der Waals surface area contributed by atoms with Crippen molar-refractivity contribution in [3.63, 3.8) is 0 Å². The van der Waals surface area contributed by atoms with E-state index in [1.807, 2.05) is 32.0 Å². The third-order valence-electron chi connectivity index (χ3n) is 5.30. The summed E-state index contributed by atoms with van der Waals surface area (Å²) in [5.74, 6) is 0.123. The number of nitriles is 1. The first-order chi connectivity index (χ1) is 17.1. The number of hydrogen-bond donors (Lipinski definition) is 1. The van der Waals surface area contributed by atoms with E-state index >= 15 is 0 Å². The van der Waals surface area contributed by atoms with Crippen molar-refractivity contribution in [1.29, 1.82) is 5.26 Å². The first-order valence-corrected chi connectivity index (χ1v) is 16.4. The van der Waals surface area contributed by atoms with Crippen LogP contribution in [0.3, 0.4) is 0 Å². The van der Waals surface area contributed by atoms with Crippen LogP contribution in [0.25, 0.3) is 22.8 Å². The summed E-state index contributed by atoms with van der Waals surface area (Å²) in [6.07, 6.45) is 0.619. The Labute approximate surface area is 217 Å². The first-order valence-electron chi connectivity index (χ1n) is 11.1. The number of sulfonamides is 1. The van der Waals surface area contributed by atoms with E-state index in [0.717, 1.165) is 14.7 Å². The molecular weight excluding hydrogens is 597 g/mol. The number of amides is 1. The van der Waals surface area contributed by atoms with Crippen molar-refractivity contribution in [2.75, 3.05) is 24.3 Å². The molecule has 0 bridgehead atoms. The maximum absolute atomic E-state index is 12.6. The van der Waals surface area contributed by atoms with Gasteiger partial charge in [-0.3, -0.25) is 0 Å². The fourth-order valence-corrected chi connectivity index (χ4v) is 12.6. The Morgan fingerprint density at radius 2 is 2.08 bits per heavy atom. The summed E-state index contributed by atoms with van der Waals surface area (Å²) in [5.41, 5.74) is 2.75. The van der Waals surface area contributed by atoms with Gasteiger partial charge in [0.05, 0.1) is 0 Å². The zero-order valence-corrected chi connectivity index (χ0v) is 23.3. The van der Waals surface area contributed by atoms with E-state index in [4.69, 9.17) is 9.26 Å². The van der Waals surface area contributed by atoms with Gasteiger partial charge in [-0.1, -0.05) is 0 Å². The van der Waals surface area contributed by atoms with Crippen LogP contribution in [0.2, 0.25) is 0 Å². The van der Waals surface area contributed by atoms with Crippen molar-refractivity contribution in [3.05, 3.63) is 51.1 Å². The molecule has 2 aromatic carbocycles. The molecule has 36 heavy (non-hydrogen) atoms. The molecule has 1 amide bonds. The van der Waals surface area contributed by atoms with E-state index in [1.165, 1.54) is 19.0 Å². The number of fused-ring (bicyclic) bond motifs is 1. The van der Waals surface area contributed by atoms with Gasteiger partial charge in [0.1, 0.15) is 0 Å². The topological polar surface area (TPSA) is 138 Å². The Bertz CT molecular complexity index is 1450. The van der Waals surface area contributed by atoms with Gasteiger partial charge in [0, 0.05) is 0 Å². The second-order valence-corrected chi connectivity index (χ2v) is 15.9. The molecule has 10 nitrogen and oxygen atoms in total. The number of carbonyl (C=O) groups excluding carboxylic acids is 1. The number of hydrogen-bond acceptors (Lipinski definition) is 8. The average Bonchev–Trinajstić information content (AvgIpc) is 3.46. The maximum atomic E-state index is 12.6. The molecule has 0 radical (unpaired) electrons. The third kappa shape index (κ3) is 5.69. The van der Waals surface area contributed by atoms with Gasteiger partial charge < -0.3 is 0 Å². The summed E-state index contributed by atoms with van der Waals surface area (Å²) >= 11 is -2.28. The van der Waals surface area contributed by atoms with Crippen molar-refractivity contribution in [2.24, 2.45) is 0 Å². The summed E-state index contributed by atoms with van der Waals surface area (Å²) in [7, 11) is -0.678. The fraction of sp³-hybridized carbons (Fsp3) is 0.333. The quantitative estimate of drug-likeness (QED) is 0.229. The van der Waals surface area contributed by atoms with Gasteiger partial charge in [-0.25, -0.2) is 0 Å². The van der Waals surface area contributed by atoms with Crippen LogP contribution in [0, 0.1) is 14.9 Å². The van der Waals surface area contributed by atoms with Crippen molar-refractivity contribution in [3.8, 4) is 34.7 Å². The van der Waals surface area contributed by atoms with Crippen molar-refractivity contribution < 1.29 is 22.5 Å². The average molecular weight is 623 g/mol. The van der Waals surface area contributed by atoms with Crippen LogP contribution in [0.1, 0.15) is 25.0 Å². The third-order valence-corrected chi connectivity index (χ3v) is 14.0. The molecule has 1 aliphatic rings. The van der Waals surface area contributed by atoms with Gasteiger partial charge >= 0.3 is 204 Å². The molecule has 1 aromatic heterocycles. The predicted molar refractivity (Wildman–Crippen MR) is 143 cm³/mol. The second kappa shape index (κ2) is 10.5. The number of alkyl halides is 1. The van der Waals surface area contributed by atoms with E-state index in [0.29, 0.717) is 33.5 Å². The molecule has 3 aromatic rings. The van der Waals surface area contributed by atoms with Crippen molar-refractivity contribution in [1.82, 2.24) is 18.0 Å². The Morgan fingerprint density at radius 1 is 1.31 bits per heavy atom. The summed E-state index contributed by atoms with van der Waals surface area (Å²) in [4.78, 5) is 17.7. The molecule has 4 rings (SSSR count). The monoisotopic (exact) mass is 623 g/mol.